The summed E-state index contributed by atoms with van der Waals surface area (Å²) in [4.78, 5) is 39.8. The first kappa shape index (κ1) is 18.8. The standard InChI is InChI=1S/C21H21N5O3/c1-13-5-3-6-14(11-13)16-8-9-17(24-23-16)22-18(27)12-26-10-4-7-15-19(26)21(29)25(2)20(15)28/h3,5-6,8-9,11H,4,7,10,12H2,1-2H3,(H,22,24,27). The van der Waals surface area contributed by atoms with Crippen molar-refractivity contribution in [3.63, 3.8) is 0 Å². The lowest BCUT2D eigenvalue weighted by Crippen LogP contribution is -2.38. The fourth-order valence-corrected chi connectivity index (χ4v) is 3.66. The average Bonchev–Trinajstić information content (AvgIpc) is 2.93. The zero-order valence-electron chi connectivity index (χ0n) is 16.3. The monoisotopic (exact) mass is 391 g/mol. The lowest BCUT2D eigenvalue weighted by molar-refractivity contribution is -0.136. The van der Waals surface area contributed by atoms with E-state index in [-0.39, 0.29) is 24.3 Å². The summed E-state index contributed by atoms with van der Waals surface area (Å²) in [7, 11) is 1.46. The first-order valence-electron chi connectivity index (χ1n) is 9.45. The van der Waals surface area contributed by atoms with Crippen molar-refractivity contribution in [3.05, 3.63) is 53.2 Å². The van der Waals surface area contributed by atoms with Crippen LogP contribution in [0.5, 0.6) is 0 Å². The van der Waals surface area contributed by atoms with Crippen LogP contribution in [0.1, 0.15) is 18.4 Å². The van der Waals surface area contributed by atoms with Crippen molar-refractivity contribution >= 4 is 23.5 Å². The van der Waals surface area contributed by atoms with Gasteiger partial charge in [-0.15, -0.1) is 10.2 Å². The molecule has 1 aromatic heterocycles. The summed E-state index contributed by atoms with van der Waals surface area (Å²) in [6.07, 6.45) is 1.29. The maximum atomic E-state index is 12.5. The molecule has 8 heteroatoms. The minimum absolute atomic E-state index is 0.0208. The van der Waals surface area contributed by atoms with Crippen LogP contribution < -0.4 is 5.32 Å². The third-order valence-electron chi connectivity index (χ3n) is 5.11. The van der Waals surface area contributed by atoms with E-state index < -0.39 is 0 Å². The maximum absolute atomic E-state index is 12.5. The smallest absolute Gasteiger partial charge is 0.277 e. The molecule has 0 aliphatic carbocycles. The second-order valence-corrected chi connectivity index (χ2v) is 7.24. The predicted molar refractivity (Wildman–Crippen MR) is 106 cm³/mol. The molecule has 0 atom stereocenters. The van der Waals surface area contributed by atoms with Crippen molar-refractivity contribution in [1.82, 2.24) is 20.0 Å². The number of aryl methyl sites for hydroxylation is 1. The van der Waals surface area contributed by atoms with E-state index >= 15 is 0 Å². The quantitative estimate of drug-likeness (QED) is 0.798. The van der Waals surface area contributed by atoms with Gasteiger partial charge in [0.1, 0.15) is 5.70 Å². The molecule has 0 unspecified atom stereocenters. The number of benzene rings is 1. The Balaban J connectivity index is 1.44. The van der Waals surface area contributed by atoms with Crippen LogP contribution in [0.25, 0.3) is 11.3 Å². The first-order valence-corrected chi connectivity index (χ1v) is 9.45. The summed E-state index contributed by atoms with van der Waals surface area (Å²) < 4.78 is 0. The van der Waals surface area contributed by atoms with Gasteiger partial charge in [-0.05, 0) is 38.0 Å². The van der Waals surface area contributed by atoms with E-state index in [0.717, 1.165) is 28.1 Å². The van der Waals surface area contributed by atoms with Gasteiger partial charge >= 0.3 is 0 Å². The van der Waals surface area contributed by atoms with Gasteiger partial charge in [-0.2, -0.15) is 0 Å². The van der Waals surface area contributed by atoms with E-state index in [2.05, 4.69) is 15.5 Å². The fraction of sp³-hybridized carbons (Fsp3) is 0.286. The highest BCUT2D eigenvalue weighted by Crippen LogP contribution is 2.30. The predicted octanol–water partition coefficient (Wildman–Crippen LogP) is 1.74. The van der Waals surface area contributed by atoms with Crippen LogP contribution in [0, 0.1) is 6.92 Å². The van der Waals surface area contributed by atoms with Crippen LogP contribution in [-0.2, 0) is 14.4 Å². The van der Waals surface area contributed by atoms with Gasteiger partial charge in [-0.25, -0.2) is 0 Å². The highest BCUT2D eigenvalue weighted by atomic mass is 16.2. The summed E-state index contributed by atoms with van der Waals surface area (Å²) in [5.74, 6) is -0.595. The van der Waals surface area contributed by atoms with Gasteiger partial charge < -0.3 is 10.2 Å². The summed E-state index contributed by atoms with van der Waals surface area (Å²) in [5.41, 5.74) is 3.65. The molecule has 1 N–H and O–H groups in total. The van der Waals surface area contributed by atoms with Crippen molar-refractivity contribution in [2.75, 3.05) is 25.5 Å². The van der Waals surface area contributed by atoms with Crippen LogP contribution in [0.3, 0.4) is 0 Å². The number of amides is 3. The molecule has 2 aromatic rings. The molecule has 0 radical (unpaired) electrons. The summed E-state index contributed by atoms with van der Waals surface area (Å²) in [5, 5.41) is 11.0. The Morgan fingerprint density at radius 1 is 1.14 bits per heavy atom. The molecule has 0 spiro atoms. The molecule has 0 saturated carbocycles. The molecule has 8 nitrogen and oxygen atoms in total. The maximum Gasteiger partial charge on any atom is 0.277 e. The average molecular weight is 391 g/mol. The molecular formula is C21H21N5O3. The van der Waals surface area contributed by atoms with Crippen molar-refractivity contribution < 1.29 is 14.4 Å². The van der Waals surface area contributed by atoms with Crippen molar-refractivity contribution in [1.29, 1.82) is 0 Å². The van der Waals surface area contributed by atoms with E-state index in [9.17, 15) is 14.4 Å². The Morgan fingerprint density at radius 3 is 2.69 bits per heavy atom. The molecule has 148 valence electrons. The van der Waals surface area contributed by atoms with Gasteiger partial charge in [0.05, 0.1) is 12.2 Å². The van der Waals surface area contributed by atoms with E-state index in [1.165, 1.54) is 7.05 Å². The molecule has 2 aliphatic rings. The van der Waals surface area contributed by atoms with Crippen molar-refractivity contribution in [2.45, 2.75) is 19.8 Å². The molecule has 0 saturated heterocycles. The van der Waals surface area contributed by atoms with Crippen LogP contribution in [0.4, 0.5) is 5.82 Å². The van der Waals surface area contributed by atoms with E-state index in [1.807, 2.05) is 31.2 Å². The Morgan fingerprint density at radius 2 is 1.97 bits per heavy atom. The Kier molecular flexibility index (Phi) is 4.84. The number of imide groups is 1. The van der Waals surface area contributed by atoms with Gasteiger partial charge in [-0.1, -0.05) is 23.8 Å². The van der Waals surface area contributed by atoms with Crippen molar-refractivity contribution in [2.24, 2.45) is 0 Å². The van der Waals surface area contributed by atoms with Crippen LogP contribution in [-0.4, -0.2) is 57.9 Å². The number of carbonyl (C=O) groups excluding carboxylic acids is 3. The third-order valence-corrected chi connectivity index (χ3v) is 5.11. The second-order valence-electron chi connectivity index (χ2n) is 7.24. The Labute approximate surface area is 168 Å². The molecule has 1 aromatic carbocycles. The van der Waals surface area contributed by atoms with Gasteiger partial charge in [0.2, 0.25) is 5.91 Å². The lowest BCUT2D eigenvalue weighted by atomic mass is 10.0. The number of rotatable bonds is 4. The zero-order chi connectivity index (χ0) is 20.5. The normalized spacial score (nSPS) is 16.3. The molecule has 4 rings (SSSR count). The molecule has 29 heavy (non-hydrogen) atoms. The molecule has 3 heterocycles. The minimum atomic E-state index is -0.347. The number of hydrogen-bond acceptors (Lipinski definition) is 6. The topological polar surface area (TPSA) is 95.5 Å². The Hall–Kier alpha value is -3.55. The first-order chi connectivity index (χ1) is 13.9. The molecule has 0 fully saturated rings. The van der Waals surface area contributed by atoms with Crippen LogP contribution in [0.2, 0.25) is 0 Å². The minimum Gasteiger partial charge on any atom is -0.357 e. The van der Waals surface area contributed by atoms with Crippen LogP contribution in [0.15, 0.2) is 47.7 Å². The molecule has 0 bridgehead atoms. The molecular weight excluding hydrogens is 370 g/mol. The highest BCUT2D eigenvalue weighted by Gasteiger charge is 2.40. The van der Waals surface area contributed by atoms with Crippen molar-refractivity contribution in [3.8, 4) is 11.3 Å². The fourth-order valence-electron chi connectivity index (χ4n) is 3.66. The summed E-state index contributed by atoms with van der Waals surface area (Å²) in [6, 6.07) is 11.4. The van der Waals surface area contributed by atoms with Gasteiger partial charge in [0.15, 0.2) is 5.82 Å². The SMILES string of the molecule is Cc1cccc(-c2ccc(NC(=O)CN3CCCC4=C3C(=O)N(C)C4=O)nn2)c1. The number of nitrogens with zero attached hydrogens (tertiary/aromatic N) is 4. The molecule has 2 aliphatic heterocycles. The summed E-state index contributed by atoms with van der Waals surface area (Å²) in [6.45, 7) is 2.54. The number of anilines is 1. The number of likely N-dealkylation sites (N-methyl/N-ethyl adjacent to an activating group) is 1. The number of nitrogens with one attached hydrogen (secondary N) is 1. The van der Waals surface area contributed by atoms with Crippen LogP contribution >= 0.6 is 0 Å². The number of hydrogen-bond donors (Lipinski definition) is 1. The van der Waals surface area contributed by atoms with E-state index in [4.69, 9.17) is 0 Å². The van der Waals surface area contributed by atoms with E-state index in [0.29, 0.717) is 30.1 Å². The molecule has 3 amide bonds. The van der Waals surface area contributed by atoms with E-state index in [1.54, 1.807) is 17.0 Å². The lowest BCUT2D eigenvalue weighted by Gasteiger charge is -2.28. The third kappa shape index (κ3) is 3.61. The largest absolute Gasteiger partial charge is 0.357 e. The zero-order valence-corrected chi connectivity index (χ0v) is 16.3. The Bertz CT molecular complexity index is 1030. The van der Waals surface area contributed by atoms with Gasteiger partial charge in [0, 0.05) is 24.7 Å². The second kappa shape index (κ2) is 7.46. The number of aromatic nitrogens is 2. The highest BCUT2D eigenvalue weighted by molar-refractivity contribution is 6.19. The number of carbonyl (C=O) groups is 3. The summed E-state index contributed by atoms with van der Waals surface area (Å²) >= 11 is 0. The van der Waals surface area contributed by atoms with Gasteiger partial charge in [0.25, 0.3) is 11.8 Å². The van der Waals surface area contributed by atoms with Gasteiger partial charge in [-0.3, -0.25) is 19.3 Å².